The van der Waals surface area contributed by atoms with E-state index >= 15 is 0 Å². The van der Waals surface area contributed by atoms with Gasteiger partial charge in [0.05, 0.1) is 17.2 Å². The number of benzene rings is 2. The van der Waals surface area contributed by atoms with Crippen LogP contribution in [0.4, 0.5) is 0 Å². The predicted molar refractivity (Wildman–Crippen MR) is 87.4 cm³/mol. The minimum Gasteiger partial charge on any atom is -0.452 e. The summed E-state index contributed by atoms with van der Waals surface area (Å²) in [6, 6.07) is 15.5. The van der Waals surface area contributed by atoms with E-state index in [1.165, 1.54) is 24.3 Å². The lowest BCUT2D eigenvalue weighted by molar-refractivity contribution is -0.124. The predicted octanol–water partition coefficient (Wildman–Crippen LogP) is 2.79. The molecule has 0 saturated carbocycles. The summed E-state index contributed by atoms with van der Waals surface area (Å²) in [6.45, 7) is -0.0159. The molecule has 2 aromatic carbocycles. The minimum absolute atomic E-state index is 0.294. The third-order valence-corrected chi connectivity index (χ3v) is 3.79. The first-order valence-corrected chi connectivity index (χ1v) is 7.57. The Hall–Kier alpha value is -2.65. The maximum atomic E-state index is 11.8. The molecule has 1 N–H and O–H groups in total. The number of hydrogen-bond acceptors (Lipinski definition) is 4. The Balaban J connectivity index is 1.80. The number of esters is 1. The highest BCUT2D eigenvalue weighted by Gasteiger charge is 2.10. The van der Waals surface area contributed by atoms with Crippen molar-refractivity contribution in [1.29, 1.82) is 5.26 Å². The molecule has 0 aliphatic heterocycles. The van der Waals surface area contributed by atoms with Crippen LogP contribution >= 0.6 is 15.9 Å². The number of nitrogens with one attached hydrogen (secondary N) is 1. The summed E-state index contributed by atoms with van der Waals surface area (Å²) in [5.41, 5.74) is 1.68. The first kappa shape index (κ1) is 16.7. The molecular weight excluding hydrogens is 360 g/mol. The van der Waals surface area contributed by atoms with E-state index in [9.17, 15) is 9.59 Å². The van der Waals surface area contributed by atoms with E-state index in [2.05, 4.69) is 21.2 Å². The maximum Gasteiger partial charge on any atom is 0.338 e. The largest absolute Gasteiger partial charge is 0.452 e. The molecule has 0 aromatic heterocycles. The number of carbonyl (C=O) groups excluding carboxylic acids is 2. The van der Waals surface area contributed by atoms with Gasteiger partial charge in [0, 0.05) is 11.0 Å². The molecule has 23 heavy (non-hydrogen) atoms. The van der Waals surface area contributed by atoms with Crippen LogP contribution in [-0.2, 0) is 16.1 Å². The number of hydrogen-bond donors (Lipinski definition) is 1. The van der Waals surface area contributed by atoms with E-state index in [1.807, 2.05) is 30.3 Å². The van der Waals surface area contributed by atoms with Gasteiger partial charge in [0.25, 0.3) is 5.91 Å². The molecule has 0 aliphatic rings. The molecule has 0 unspecified atom stereocenters. The molecule has 0 radical (unpaired) electrons. The number of ether oxygens (including phenoxy) is 1. The van der Waals surface area contributed by atoms with Crippen molar-refractivity contribution in [2.75, 3.05) is 6.61 Å². The van der Waals surface area contributed by atoms with E-state index in [0.29, 0.717) is 17.7 Å². The Morgan fingerprint density at radius 3 is 2.48 bits per heavy atom. The lowest BCUT2D eigenvalue weighted by Gasteiger charge is -2.08. The zero-order valence-corrected chi connectivity index (χ0v) is 13.7. The standard InChI is InChI=1S/C17H13BrN2O3/c18-15-4-2-1-3-14(15)10-20-16(21)11-23-17(22)13-7-5-12(9-19)6-8-13/h1-8H,10-11H2,(H,20,21). The Bertz CT molecular complexity index is 751. The third-order valence-electron chi connectivity index (χ3n) is 3.02. The van der Waals surface area contributed by atoms with Crippen molar-refractivity contribution in [3.63, 3.8) is 0 Å². The molecule has 0 saturated heterocycles. The zero-order valence-electron chi connectivity index (χ0n) is 12.1. The van der Waals surface area contributed by atoms with Gasteiger partial charge in [-0.25, -0.2) is 4.79 Å². The third kappa shape index (κ3) is 4.94. The smallest absolute Gasteiger partial charge is 0.338 e. The molecule has 0 atom stereocenters. The van der Waals surface area contributed by atoms with Crippen LogP contribution in [0.15, 0.2) is 53.0 Å². The first-order valence-electron chi connectivity index (χ1n) is 6.77. The van der Waals surface area contributed by atoms with Gasteiger partial charge < -0.3 is 10.1 Å². The van der Waals surface area contributed by atoms with Crippen LogP contribution < -0.4 is 5.32 Å². The highest BCUT2D eigenvalue weighted by Crippen LogP contribution is 2.15. The quantitative estimate of drug-likeness (QED) is 0.818. The fraction of sp³-hybridized carbons (Fsp3) is 0.118. The summed E-state index contributed by atoms with van der Waals surface area (Å²) in [5.74, 6) is -0.992. The van der Waals surface area contributed by atoms with E-state index < -0.39 is 5.97 Å². The molecule has 0 heterocycles. The number of halogens is 1. The Morgan fingerprint density at radius 1 is 1.13 bits per heavy atom. The summed E-state index contributed by atoms with van der Waals surface area (Å²) >= 11 is 3.39. The average Bonchev–Trinajstić information content (AvgIpc) is 2.59. The number of amides is 1. The lowest BCUT2D eigenvalue weighted by Crippen LogP contribution is -2.28. The highest BCUT2D eigenvalue weighted by molar-refractivity contribution is 9.10. The van der Waals surface area contributed by atoms with Crippen LogP contribution in [0.3, 0.4) is 0 Å². The van der Waals surface area contributed by atoms with Gasteiger partial charge in [-0.15, -0.1) is 0 Å². The van der Waals surface area contributed by atoms with E-state index in [1.54, 1.807) is 0 Å². The topological polar surface area (TPSA) is 79.2 Å². The fourth-order valence-corrected chi connectivity index (χ4v) is 2.21. The monoisotopic (exact) mass is 372 g/mol. The number of nitriles is 1. The van der Waals surface area contributed by atoms with Crippen molar-refractivity contribution in [2.24, 2.45) is 0 Å². The van der Waals surface area contributed by atoms with Gasteiger partial charge in [0.15, 0.2) is 6.61 Å². The van der Waals surface area contributed by atoms with Crippen molar-refractivity contribution in [3.05, 3.63) is 69.7 Å². The Labute approximate surface area is 142 Å². The molecule has 0 spiro atoms. The van der Waals surface area contributed by atoms with Crippen molar-refractivity contribution in [1.82, 2.24) is 5.32 Å². The van der Waals surface area contributed by atoms with Crippen molar-refractivity contribution in [2.45, 2.75) is 6.54 Å². The van der Waals surface area contributed by atoms with Crippen LogP contribution in [0.25, 0.3) is 0 Å². The molecule has 1 amide bonds. The van der Waals surface area contributed by atoms with Gasteiger partial charge in [-0.05, 0) is 35.9 Å². The molecule has 116 valence electrons. The minimum atomic E-state index is -0.606. The summed E-state index contributed by atoms with van der Waals surface area (Å²) in [4.78, 5) is 23.5. The Kier molecular flexibility index (Phi) is 5.89. The van der Waals surface area contributed by atoms with E-state index in [-0.39, 0.29) is 12.5 Å². The average molecular weight is 373 g/mol. The molecule has 2 rings (SSSR count). The van der Waals surface area contributed by atoms with E-state index in [0.717, 1.165) is 10.0 Å². The van der Waals surface area contributed by atoms with Crippen molar-refractivity contribution >= 4 is 27.8 Å². The summed E-state index contributed by atoms with van der Waals surface area (Å²) in [7, 11) is 0. The lowest BCUT2D eigenvalue weighted by atomic mass is 10.1. The zero-order chi connectivity index (χ0) is 16.7. The summed E-state index contributed by atoms with van der Waals surface area (Å²) in [6.07, 6.45) is 0. The second kappa shape index (κ2) is 8.11. The molecule has 0 aliphatic carbocycles. The SMILES string of the molecule is N#Cc1ccc(C(=O)OCC(=O)NCc2ccccc2Br)cc1. The molecule has 2 aromatic rings. The van der Waals surface area contributed by atoms with Crippen molar-refractivity contribution < 1.29 is 14.3 Å². The second-order valence-electron chi connectivity index (χ2n) is 4.63. The van der Waals surface area contributed by atoms with Crippen LogP contribution in [0, 0.1) is 11.3 Å². The number of carbonyl (C=O) groups is 2. The van der Waals surface area contributed by atoms with Gasteiger partial charge in [0.2, 0.25) is 0 Å². The summed E-state index contributed by atoms with van der Waals surface area (Å²) in [5, 5.41) is 11.4. The van der Waals surface area contributed by atoms with E-state index in [4.69, 9.17) is 10.00 Å². The van der Waals surface area contributed by atoms with Gasteiger partial charge in [-0.3, -0.25) is 4.79 Å². The first-order chi connectivity index (χ1) is 11.1. The van der Waals surface area contributed by atoms with Crippen LogP contribution in [-0.4, -0.2) is 18.5 Å². The molecule has 5 nitrogen and oxygen atoms in total. The number of rotatable bonds is 5. The van der Waals surface area contributed by atoms with Gasteiger partial charge in [0.1, 0.15) is 0 Å². The highest BCUT2D eigenvalue weighted by atomic mass is 79.9. The molecule has 0 bridgehead atoms. The van der Waals surface area contributed by atoms with Crippen LogP contribution in [0.1, 0.15) is 21.5 Å². The van der Waals surface area contributed by atoms with Gasteiger partial charge in [-0.1, -0.05) is 34.1 Å². The summed E-state index contributed by atoms with van der Waals surface area (Å²) < 4.78 is 5.83. The maximum absolute atomic E-state index is 11.8. The normalized spacial score (nSPS) is 9.74. The fourth-order valence-electron chi connectivity index (χ4n) is 1.78. The molecule has 0 fully saturated rings. The van der Waals surface area contributed by atoms with Gasteiger partial charge >= 0.3 is 5.97 Å². The van der Waals surface area contributed by atoms with Crippen LogP contribution in [0.2, 0.25) is 0 Å². The van der Waals surface area contributed by atoms with Crippen molar-refractivity contribution in [3.8, 4) is 6.07 Å². The molecular formula is C17H13BrN2O3. The molecule has 6 heteroatoms. The second-order valence-corrected chi connectivity index (χ2v) is 5.49. The van der Waals surface area contributed by atoms with Gasteiger partial charge in [-0.2, -0.15) is 5.26 Å². The Morgan fingerprint density at radius 2 is 1.83 bits per heavy atom. The number of nitrogens with zero attached hydrogens (tertiary/aromatic N) is 1. The van der Waals surface area contributed by atoms with Crippen LogP contribution in [0.5, 0.6) is 0 Å².